The highest BCUT2D eigenvalue weighted by atomic mass is 19.1. The van der Waals surface area contributed by atoms with Crippen LogP contribution in [0.4, 0.5) is 9.18 Å². The van der Waals surface area contributed by atoms with Gasteiger partial charge in [0, 0.05) is 11.6 Å². The molecule has 0 fully saturated rings. The highest BCUT2D eigenvalue weighted by Crippen LogP contribution is 2.23. The number of primary amides is 1. The minimum atomic E-state index is -1.06. The van der Waals surface area contributed by atoms with Crippen LogP contribution in [0.1, 0.15) is 5.76 Å². The van der Waals surface area contributed by atoms with Gasteiger partial charge in [0.1, 0.15) is 29.0 Å². The molecule has 7 heteroatoms. The van der Waals surface area contributed by atoms with Gasteiger partial charge in [0.05, 0.1) is 0 Å². The summed E-state index contributed by atoms with van der Waals surface area (Å²) < 4.78 is 18.6. The number of imide groups is 1. The standard InChI is InChI=1S/C15H10FN3O3/c16-11-3-1-2-9(6-11)13-5-4-12(22-13)7-10(8-17)14(20)19-15(18)21/h1-7H,(H3,18,19,20,21)/b10-7-. The van der Waals surface area contributed by atoms with E-state index >= 15 is 0 Å². The zero-order valence-corrected chi connectivity index (χ0v) is 11.2. The van der Waals surface area contributed by atoms with E-state index in [1.807, 2.05) is 0 Å². The van der Waals surface area contributed by atoms with Gasteiger partial charge in [-0.05, 0) is 24.3 Å². The van der Waals surface area contributed by atoms with Crippen molar-refractivity contribution in [1.29, 1.82) is 5.26 Å². The first kappa shape index (κ1) is 15.0. The number of amides is 3. The highest BCUT2D eigenvalue weighted by molar-refractivity contribution is 6.08. The van der Waals surface area contributed by atoms with Crippen LogP contribution in [0.25, 0.3) is 17.4 Å². The molecule has 1 heterocycles. The molecule has 0 atom stereocenters. The largest absolute Gasteiger partial charge is 0.457 e. The lowest BCUT2D eigenvalue weighted by Gasteiger charge is -1.98. The molecule has 0 unspecified atom stereocenters. The fourth-order valence-corrected chi connectivity index (χ4v) is 1.70. The number of urea groups is 1. The number of carbonyl (C=O) groups excluding carboxylic acids is 2. The zero-order chi connectivity index (χ0) is 16.1. The van der Waals surface area contributed by atoms with Crippen LogP contribution < -0.4 is 11.1 Å². The lowest BCUT2D eigenvalue weighted by atomic mass is 10.2. The molecule has 0 radical (unpaired) electrons. The molecule has 0 spiro atoms. The molecule has 0 aliphatic heterocycles. The number of furan rings is 1. The van der Waals surface area contributed by atoms with Crippen LogP contribution in [-0.2, 0) is 4.79 Å². The van der Waals surface area contributed by atoms with Crippen LogP contribution in [0.2, 0.25) is 0 Å². The van der Waals surface area contributed by atoms with E-state index in [-0.39, 0.29) is 11.3 Å². The Morgan fingerprint density at radius 3 is 2.73 bits per heavy atom. The number of nitriles is 1. The number of halogens is 1. The lowest BCUT2D eigenvalue weighted by molar-refractivity contribution is -0.115. The van der Waals surface area contributed by atoms with Crippen molar-refractivity contribution in [3.8, 4) is 17.4 Å². The molecule has 0 saturated heterocycles. The maximum absolute atomic E-state index is 13.2. The first-order valence-electron chi connectivity index (χ1n) is 6.08. The third kappa shape index (κ3) is 3.58. The van der Waals surface area contributed by atoms with Gasteiger partial charge in [-0.1, -0.05) is 12.1 Å². The van der Waals surface area contributed by atoms with E-state index in [4.69, 9.17) is 15.4 Å². The van der Waals surface area contributed by atoms with Crippen LogP contribution in [0.3, 0.4) is 0 Å². The van der Waals surface area contributed by atoms with Crippen LogP contribution in [0.15, 0.2) is 46.4 Å². The normalized spacial score (nSPS) is 10.8. The molecule has 0 aliphatic rings. The topological polar surface area (TPSA) is 109 Å². The number of nitrogens with two attached hydrogens (primary N) is 1. The van der Waals surface area contributed by atoms with Crippen molar-refractivity contribution >= 4 is 18.0 Å². The minimum Gasteiger partial charge on any atom is -0.457 e. The van der Waals surface area contributed by atoms with Crippen molar-refractivity contribution in [1.82, 2.24) is 5.32 Å². The van der Waals surface area contributed by atoms with Gasteiger partial charge in [0.15, 0.2) is 0 Å². The van der Waals surface area contributed by atoms with Crippen molar-refractivity contribution < 1.29 is 18.4 Å². The summed E-state index contributed by atoms with van der Waals surface area (Å²) in [5.74, 6) is -0.767. The Morgan fingerprint density at radius 1 is 1.32 bits per heavy atom. The number of benzene rings is 1. The van der Waals surface area contributed by atoms with Gasteiger partial charge in [-0.3, -0.25) is 10.1 Å². The smallest absolute Gasteiger partial charge is 0.319 e. The molecule has 3 amide bonds. The second kappa shape index (κ2) is 6.37. The Morgan fingerprint density at radius 2 is 2.09 bits per heavy atom. The summed E-state index contributed by atoms with van der Waals surface area (Å²) in [6.45, 7) is 0. The Labute approximate surface area is 124 Å². The van der Waals surface area contributed by atoms with E-state index in [1.165, 1.54) is 24.3 Å². The summed E-state index contributed by atoms with van der Waals surface area (Å²) in [7, 11) is 0. The molecule has 6 nitrogen and oxygen atoms in total. The molecule has 0 saturated carbocycles. The summed E-state index contributed by atoms with van der Waals surface area (Å²) in [5.41, 5.74) is 4.97. The number of rotatable bonds is 3. The van der Waals surface area contributed by atoms with Gasteiger partial charge in [-0.2, -0.15) is 5.26 Å². The molecular weight excluding hydrogens is 289 g/mol. The predicted octanol–water partition coefficient (Wildman–Crippen LogP) is 2.19. The van der Waals surface area contributed by atoms with Crippen molar-refractivity contribution in [3.63, 3.8) is 0 Å². The number of hydrogen-bond acceptors (Lipinski definition) is 4. The summed E-state index contributed by atoms with van der Waals surface area (Å²) in [5, 5.41) is 10.7. The van der Waals surface area contributed by atoms with Crippen molar-refractivity contribution in [2.75, 3.05) is 0 Å². The summed E-state index contributed by atoms with van der Waals surface area (Å²) in [6.07, 6.45) is 1.15. The SMILES string of the molecule is N#C/C(=C/c1ccc(-c2cccc(F)c2)o1)C(=O)NC(N)=O. The third-order valence-electron chi connectivity index (χ3n) is 2.62. The van der Waals surface area contributed by atoms with Gasteiger partial charge in [-0.25, -0.2) is 9.18 Å². The maximum Gasteiger partial charge on any atom is 0.319 e. The zero-order valence-electron chi connectivity index (χ0n) is 11.2. The molecule has 1 aromatic heterocycles. The van der Waals surface area contributed by atoms with Crippen LogP contribution in [0.5, 0.6) is 0 Å². The Balaban J connectivity index is 2.27. The number of hydrogen-bond donors (Lipinski definition) is 2. The summed E-state index contributed by atoms with van der Waals surface area (Å²) >= 11 is 0. The molecule has 3 N–H and O–H groups in total. The average Bonchev–Trinajstić information content (AvgIpc) is 2.92. The predicted molar refractivity (Wildman–Crippen MR) is 75.4 cm³/mol. The average molecular weight is 299 g/mol. The molecule has 0 bridgehead atoms. The molecule has 2 aromatic rings. The molecular formula is C15H10FN3O3. The van der Waals surface area contributed by atoms with Crippen molar-refractivity contribution in [2.45, 2.75) is 0 Å². The van der Waals surface area contributed by atoms with Gasteiger partial charge < -0.3 is 10.2 Å². The Bertz CT molecular complexity index is 802. The fraction of sp³-hybridized carbons (Fsp3) is 0. The molecule has 110 valence electrons. The Kier molecular flexibility index (Phi) is 4.34. The van der Waals surface area contributed by atoms with Crippen molar-refractivity contribution in [3.05, 3.63) is 53.5 Å². The van der Waals surface area contributed by atoms with E-state index < -0.39 is 17.8 Å². The van der Waals surface area contributed by atoms with Gasteiger partial charge in [0.2, 0.25) is 0 Å². The second-order valence-electron chi connectivity index (χ2n) is 4.20. The molecule has 1 aromatic carbocycles. The second-order valence-corrected chi connectivity index (χ2v) is 4.20. The van der Waals surface area contributed by atoms with Crippen LogP contribution in [0, 0.1) is 17.1 Å². The quantitative estimate of drug-likeness (QED) is 0.668. The minimum absolute atomic E-state index is 0.204. The number of nitrogens with zero attached hydrogens (tertiary/aromatic N) is 1. The van der Waals surface area contributed by atoms with E-state index in [0.717, 1.165) is 6.08 Å². The number of carbonyl (C=O) groups is 2. The monoisotopic (exact) mass is 299 g/mol. The first-order valence-corrected chi connectivity index (χ1v) is 6.08. The lowest BCUT2D eigenvalue weighted by Crippen LogP contribution is -2.35. The summed E-state index contributed by atoms with van der Waals surface area (Å²) in [6, 6.07) is 9.43. The molecule has 2 rings (SSSR count). The van der Waals surface area contributed by atoms with Gasteiger partial charge in [-0.15, -0.1) is 0 Å². The van der Waals surface area contributed by atoms with Crippen LogP contribution >= 0.6 is 0 Å². The van der Waals surface area contributed by atoms with Crippen molar-refractivity contribution in [2.24, 2.45) is 5.73 Å². The van der Waals surface area contributed by atoms with Crippen LogP contribution in [-0.4, -0.2) is 11.9 Å². The van der Waals surface area contributed by atoms with E-state index in [0.29, 0.717) is 11.3 Å². The number of nitrogens with one attached hydrogen (secondary N) is 1. The maximum atomic E-state index is 13.2. The third-order valence-corrected chi connectivity index (χ3v) is 2.62. The van der Waals surface area contributed by atoms with E-state index in [1.54, 1.807) is 23.5 Å². The van der Waals surface area contributed by atoms with Gasteiger partial charge >= 0.3 is 6.03 Å². The highest BCUT2D eigenvalue weighted by Gasteiger charge is 2.12. The first-order chi connectivity index (χ1) is 10.5. The summed E-state index contributed by atoms with van der Waals surface area (Å²) in [4.78, 5) is 22.1. The Hall–Kier alpha value is -3.40. The molecule has 22 heavy (non-hydrogen) atoms. The van der Waals surface area contributed by atoms with Gasteiger partial charge in [0.25, 0.3) is 5.91 Å². The fourth-order valence-electron chi connectivity index (χ4n) is 1.70. The van der Waals surface area contributed by atoms with E-state index in [2.05, 4.69) is 0 Å². The molecule has 0 aliphatic carbocycles. The van der Waals surface area contributed by atoms with E-state index in [9.17, 15) is 14.0 Å².